The SMILES string of the molecule is O=S1(=O)C[C@@H]2[C@H](C1)N(CCCc1ccccc1)CCN2Cc1ccccn1. The molecule has 144 valence electrons. The molecule has 6 heteroatoms. The van der Waals surface area contributed by atoms with Crippen molar-refractivity contribution in [1.29, 1.82) is 0 Å². The Hall–Kier alpha value is -1.76. The zero-order valence-electron chi connectivity index (χ0n) is 15.6. The normalized spacial score (nSPS) is 25.3. The lowest BCUT2D eigenvalue weighted by Gasteiger charge is -2.44. The van der Waals surface area contributed by atoms with Gasteiger partial charge in [0.2, 0.25) is 0 Å². The van der Waals surface area contributed by atoms with Crippen LogP contribution in [0, 0.1) is 0 Å². The lowest BCUT2D eigenvalue weighted by molar-refractivity contribution is 0.0391. The Labute approximate surface area is 161 Å². The van der Waals surface area contributed by atoms with Crippen molar-refractivity contribution < 1.29 is 8.42 Å². The fourth-order valence-electron chi connectivity index (χ4n) is 4.40. The minimum absolute atomic E-state index is 0.0856. The first-order valence-corrected chi connectivity index (χ1v) is 11.6. The van der Waals surface area contributed by atoms with E-state index in [9.17, 15) is 8.42 Å². The number of pyridine rings is 1. The molecule has 5 nitrogen and oxygen atoms in total. The van der Waals surface area contributed by atoms with Gasteiger partial charge >= 0.3 is 0 Å². The zero-order chi connectivity index (χ0) is 18.7. The van der Waals surface area contributed by atoms with E-state index >= 15 is 0 Å². The molecule has 0 radical (unpaired) electrons. The molecule has 0 saturated carbocycles. The molecule has 0 bridgehead atoms. The quantitative estimate of drug-likeness (QED) is 0.761. The van der Waals surface area contributed by atoms with E-state index in [1.165, 1.54) is 5.56 Å². The molecule has 0 unspecified atom stereocenters. The predicted molar refractivity (Wildman–Crippen MR) is 107 cm³/mol. The molecule has 0 spiro atoms. The molecule has 0 amide bonds. The minimum Gasteiger partial charge on any atom is -0.296 e. The Morgan fingerprint density at radius 2 is 1.63 bits per heavy atom. The average molecular weight is 386 g/mol. The van der Waals surface area contributed by atoms with Gasteiger partial charge in [0, 0.05) is 37.9 Å². The van der Waals surface area contributed by atoms with Gasteiger partial charge in [0.25, 0.3) is 0 Å². The number of aromatic nitrogens is 1. The Morgan fingerprint density at radius 1 is 0.926 bits per heavy atom. The van der Waals surface area contributed by atoms with E-state index < -0.39 is 9.84 Å². The summed E-state index contributed by atoms with van der Waals surface area (Å²) in [5.74, 6) is 0.571. The molecule has 2 saturated heterocycles. The maximum absolute atomic E-state index is 12.4. The summed E-state index contributed by atoms with van der Waals surface area (Å²) >= 11 is 0. The van der Waals surface area contributed by atoms with Crippen molar-refractivity contribution >= 4 is 9.84 Å². The summed E-state index contributed by atoms with van der Waals surface area (Å²) in [5.41, 5.74) is 2.36. The number of hydrogen-bond donors (Lipinski definition) is 0. The van der Waals surface area contributed by atoms with Crippen LogP contribution in [0.1, 0.15) is 17.7 Å². The van der Waals surface area contributed by atoms with Crippen LogP contribution in [0.15, 0.2) is 54.7 Å². The van der Waals surface area contributed by atoms with Crippen LogP contribution in [-0.4, -0.2) is 66.4 Å². The molecule has 1 aromatic carbocycles. The molecule has 2 aliphatic rings. The van der Waals surface area contributed by atoms with E-state index in [4.69, 9.17) is 0 Å². The van der Waals surface area contributed by atoms with Crippen molar-refractivity contribution in [3.63, 3.8) is 0 Å². The van der Waals surface area contributed by atoms with Gasteiger partial charge in [0.05, 0.1) is 17.2 Å². The summed E-state index contributed by atoms with van der Waals surface area (Å²) in [7, 11) is -2.97. The second kappa shape index (κ2) is 8.09. The first-order chi connectivity index (χ1) is 13.1. The van der Waals surface area contributed by atoms with Crippen molar-refractivity contribution in [1.82, 2.24) is 14.8 Å². The molecule has 2 atom stereocenters. The number of fused-ring (bicyclic) bond motifs is 1. The third-order valence-electron chi connectivity index (χ3n) is 5.75. The lowest BCUT2D eigenvalue weighted by atomic mass is 10.0. The largest absolute Gasteiger partial charge is 0.296 e. The van der Waals surface area contributed by atoms with Gasteiger partial charge in [-0.1, -0.05) is 36.4 Å². The Kier molecular flexibility index (Phi) is 5.57. The van der Waals surface area contributed by atoms with Crippen molar-refractivity contribution in [2.75, 3.05) is 31.1 Å². The number of benzene rings is 1. The van der Waals surface area contributed by atoms with Crippen molar-refractivity contribution in [3.8, 4) is 0 Å². The van der Waals surface area contributed by atoms with E-state index in [1.54, 1.807) is 6.20 Å². The maximum Gasteiger partial charge on any atom is 0.153 e. The third-order valence-corrected chi connectivity index (χ3v) is 7.45. The number of sulfone groups is 1. The Bertz CT molecular complexity index is 842. The van der Waals surface area contributed by atoms with Crippen LogP contribution in [0.3, 0.4) is 0 Å². The van der Waals surface area contributed by atoms with Gasteiger partial charge in [-0.3, -0.25) is 14.8 Å². The first kappa shape index (κ1) is 18.6. The topological polar surface area (TPSA) is 53.5 Å². The highest BCUT2D eigenvalue weighted by Crippen LogP contribution is 2.28. The van der Waals surface area contributed by atoms with Crippen LogP contribution >= 0.6 is 0 Å². The summed E-state index contributed by atoms with van der Waals surface area (Å²) < 4.78 is 24.7. The van der Waals surface area contributed by atoms with E-state index in [-0.39, 0.29) is 17.8 Å². The molecule has 27 heavy (non-hydrogen) atoms. The van der Waals surface area contributed by atoms with E-state index in [2.05, 4.69) is 39.0 Å². The number of nitrogens with zero attached hydrogens (tertiary/aromatic N) is 3. The van der Waals surface area contributed by atoms with Crippen LogP contribution in [0.2, 0.25) is 0 Å². The number of piperazine rings is 1. The average Bonchev–Trinajstić information content (AvgIpc) is 3.01. The van der Waals surface area contributed by atoms with Crippen molar-refractivity contribution in [2.45, 2.75) is 31.5 Å². The predicted octanol–water partition coefficient (Wildman–Crippen LogP) is 2.00. The molecular weight excluding hydrogens is 358 g/mol. The standard InChI is InChI=1S/C21H27N3O2S/c25-27(26)16-20-21(17-27)24(15-19-10-4-5-11-22-19)14-13-23(20)12-6-9-18-7-2-1-3-8-18/h1-5,7-8,10-11,20-21H,6,9,12-17H2/t20-,21+/m0/s1. The summed E-state index contributed by atoms with van der Waals surface area (Å²) in [5, 5.41) is 0. The molecular formula is C21H27N3O2S. The number of aryl methyl sites for hydroxylation is 1. The van der Waals surface area contributed by atoms with E-state index in [0.29, 0.717) is 5.75 Å². The van der Waals surface area contributed by atoms with Gasteiger partial charge in [0.15, 0.2) is 9.84 Å². The van der Waals surface area contributed by atoms with Crippen LogP contribution < -0.4 is 0 Å². The van der Waals surface area contributed by atoms with Crippen LogP contribution in [0.25, 0.3) is 0 Å². The van der Waals surface area contributed by atoms with Crippen molar-refractivity contribution in [2.24, 2.45) is 0 Å². The van der Waals surface area contributed by atoms with E-state index in [1.807, 2.05) is 24.3 Å². The summed E-state index contributed by atoms with van der Waals surface area (Å²) in [6, 6.07) is 16.6. The Morgan fingerprint density at radius 3 is 2.37 bits per heavy atom. The van der Waals surface area contributed by atoms with Gasteiger partial charge in [-0.2, -0.15) is 0 Å². The van der Waals surface area contributed by atoms with Gasteiger partial charge in [-0.15, -0.1) is 0 Å². The molecule has 3 heterocycles. The monoisotopic (exact) mass is 385 g/mol. The highest BCUT2D eigenvalue weighted by atomic mass is 32.2. The smallest absolute Gasteiger partial charge is 0.153 e. The van der Waals surface area contributed by atoms with Gasteiger partial charge in [-0.25, -0.2) is 8.42 Å². The summed E-state index contributed by atoms with van der Waals surface area (Å²) in [6.07, 6.45) is 3.91. The third kappa shape index (κ3) is 4.57. The molecule has 2 fully saturated rings. The number of rotatable bonds is 6. The first-order valence-electron chi connectivity index (χ1n) is 9.73. The lowest BCUT2D eigenvalue weighted by Crippen LogP contribution is -2.58. The second-order valence-corrected chi connectivity index (χ2v) is 9.78. The van der Waals surface area contributed by atoms with Gasteiger partial charge < -0.3 is 0 Å². The van der Waals surface area contributed by atoms with Crippen LogP contribution in [0.5, 0.6) is 0 Å². The van der Waals surface area contributed by atoms with Crippen LogP contribution in [0.4, 0.5) is 0 Å². The fraction of sp³-hybridized carbons (Fsp3) is 0.476. The molecule has 0 aliphatic carbocycles. The molecule has 4 rings (SSSR count). The Balaban J connectivity index is 1.40. The van der Waals surface area contributed by atoms with Crippen molar-refractivity contribution in [3.05, 3.63) is 66.0 Å². The minimum atomic E-state index is -2.97. The molecule has 1 aromatic heterocycles. The highest BCUT2D eigenvalue weighted by molar-refractivity contribution is 7.91. The van der Waals surface area contributed by atoms with Gasteiger partial charge in [-0.05, 0) is 37.1 Å². The second-order valence-electron chi connectivity index (χ2n) is 7.63. The fourth-order valence-corrected chi connectivity index (χ4v) is 6.44. The zero-order valence-corrected chi connectivity index (χ0v) is 16.4. The molecule has 2 aromatic rings. The summed E-state index contributed by atoms with van der Waals surface area (Å²) in [6.45, 7) is 3.52. The van der Waals surface area contributed by atoms with E-state index in [0.717, 1.165) is 44.7 Å². The van der Waals surface area contributed by atoms with Crippen LogP contribution in [-0.2, 0) is 22.8 Å². The molecule has 0 N–H and O–H groups in total. The maximum atomic E-state index is 12.4. The number of hydrogen-bond acceptors (Lipinski definition) is 5. The van der Waals surface area contributed by atoms with Gasteiger partial charge in [0.1, 0.15) is 0 Å². The summed E-state index contributed by atoms with van der Waals surface area (Å²) in [4.78, 5) is 9.16. The molecule has 2 aliphatic heterocycles. The highest BCUT2D eigenvalue weighted by Gasteiger charge is 2.46.